The molecule has 3 heterocycles. The fourth-order valence-electron chi connectivity index (χ4n) is 2.46. The van der Waals surface area contributed by atoms with E-state index in [9.17, 15) is 15.0 Å². The van der Waals surface area contributed by atoms with Gasteiger partial charge < -0.3 is 20.3 Å². The minimum Gasteiger partial charge on any atom is -0.388 e. The van der Waals surface area contributed by atoms with Crippen LogP contribution in [0.1, 0.15) is 28.3 Å². The molecule has 4 atom stereocenters. The molecule has 1 aliphatic heterocycles. The zero-order chi connectivity index (χ0) is 17.4. The molecule has 1 aliphatic rings. The number of anilines is 1. The number of aliphatic hydroxyl groups is 2. The zero-order valence-corrected chi connectivity index (χ0v) is 12.9. The van der Waals surface area contributed by atoms with Crippen LogP contribution in [-0.4, -0.2) is 54.6 Å². The van der Waals surface area contributed by atoms with Gasteiger partial charge in [-0.1, -0.05) is 13.8 Å². The van der Waals surface area contributed by atoms with E-state index in [0.717, 1.165) is 0 Å². The molecule has 1 fully saturated rings. The number of hydrogen-bond acceptors (Lipinski definition) is 7. The van der Waals surface area contributed by atoms with Crippen molar-refractivity contribution in [1.29, 1.82) is 0 Å². The van der Waals surface area contributed by atoms with Crippen LogP contribution in [0.4, 0.5) is 5.95 Å². The number of aromatic amines is 1. The summed E-state index contributed by atoms with van der Waals surface area (Å²) in [7, 11) is 0. The van der Waals surface area contributed by atoms with Crippen molar-refractivity contribution in [1.82, 2.24) is 19.5 Å². The number of fused-ring (bicyclic) bond motifs is 1. The molecule has 9 heteroatoms. The van der Waals surface area contributed by atoms with Gasteiger partial charge in [-0.2, -0.15) is 4.98 Å². The Morgan fingerprint density at radius 2 is 2.30 bits per heavy atom. The lowest BCUT2D eigenvalue weighted by molar-refractivity contribution is -0.0299. The molecule has 2 aromatic rings. The minimum absolute atomic E-state index is 0.115. The molecule has 9 nitrogen and oxygen atoms in total. The van der Waals surface area contributed by atoms with Crippen molar-refractivity contribution in [3.8, 4) is 0 Å². The summed E-state index contributed by atoms with van der Waals surface area (Å²) in [6.45, 7) is 4.50. The molecule has 0 amide bonds. The van der Waals surface area contributed by atoms with E-state index >= 15 is 0 Å². The van der Waals surface area contributed by atoms with Gasteiger partial charge in [0.1, 0.15) is 12.2 Å². The fourth-order valence-corrected chi connectivity index (χ4v) is 2.46. The standard InChI is InChI=1S/C14H21N5O4/c1-6(2)4-15-14-17-11-8(12(22)18-14)16-5-19(11)13-10(21)9(20)7(3)23-13/h5-7,9-10,13,20-21H,4H2,1-3H3,(H2,15,17,18,22)/t7-,9?,10+,13-/m1/s1/i3D. The van der Waals surface area contributed by atoms with E-state index in [-0.39, 0.29) is 18.1 Å². The van der Waals surface area contributed by atoms with Crippen molar-refractivity contribution in [3.05, 3.63) is 16.7 Å². The highest BCUT2D eigenvalue weighted by Crippen LogP contribution is 2.30. The molecule has 126 valence electrons. The maximum absolute atomic E-state index is 12.1. The van der Waals surface area contributed by atoms with Gasteiger partial charge in [0, 0.05) is 7.92 Å². The molecule has 1 saturated heterocycles. The number of hydrogen-bond donors (Lipinski definition) is 4. The van der Waals surface area contributed by atoms with E-state index in [4.69, 9.17) is 6.11 Å². The van der Waals surface area contributed by atoms with Crippen LogP contribution >= 0.6 is 0 Å². The minimum atomic E-state index is -1.23. The van der Waals surface area contributed by atoms with Crippen LogP contribution in [0.25, 0.3) is 11.2 Å². The van der Waals surface area contributed by atoms with Crippen LogP contribution in [0.3, 0.4) is 0 Å². The highest BCUT2D eigenvalue weighted by Gasteiger charge is 2.42. The van der Waals surface area contributed by atoms with Crippen LogP contribution in [0.2, 0.25) is 0 Å². The highest BCUT2D eigenvalue weighted by molar-refractivity contribution is 5.70. The molecule has 23 heavy (non-hydrogen) atoms. The summed E-state index contributed by atoms with van der Waals surface area (Å²) in [6, 6.07) is 0. The molecule has 0 radical (unpaired) electrons. The van der Waals surface area contributed by atoms with Gasteiger partial charge in [-0.15, -0.1) is 0 Å². The largest absolute Gasteiger partial charge is 0.388 e. The van der Waals surface area contributed by atoms with Crippen LogP contribution in [0, 0.1) is 5.92 Å². The second kappa shape index (κ2) is 5.91. The summed E-state index contributed by atoms with van der Waals surface area (Å²) < 4.78 is 14.3. The average Bonchev–Trinajstić information content (AvgIpc) is 3.08. The lowest BCUT2D eigenvalue weighted by Gasteiger charge is -2.16. The van der Waals surface area contributed by atoms with Gasteiger partial charge in [0.05, 0.1) is 12.4 Å². The first kappa shape index (κ1) is 14.6. The van der Waals surface area contributed by atoms with Gasteiger partial charge in [-0.3, -0.25) is 14.3 Å². The summed E-state index contributed by atoms with van der Waals surface area (Å²) in [6.07, 6.45) is -2.82. The van der Waals surface area contributed by atoms with E-state index in [2.05, 4.69) is 20.3 Å². The van der Waals surface area contributed by atoms with Gasteiger partial charge in [0.15, 0.2) is 17.4 Å². The third kappa shape index (κ3) is 2.82. The Morgan fingerprint density at radius 3 is 2.96 bits per heavy atom. The maximum Gasteiger partial charge on any atom is 0.280 e. The molecule has 2 aromatic heterocycles. The van der Waals surface area contributed by atoms with Gasteiger partial charge in [0.25, 0.3) is 5.56 Å². The number of imidazole rings is 1. The molecule has 0 aromatic carbocycles. The van der Waals surface area contributed by atoms with Crippen LogP contribution in [-0.2, 0) is 4.74 Å². The summed E-state index contributed by atoms with van der Waals surface area (Å²) >= 11 is 0. The first-order chi connectivity index (χ1) is 11.4. The van der Waals surface area contributed by atoms with Crippen molar-refractivity contribution in [3.63, 3.8) is 0 Å². The second-order valence-corrected chi connectivity index (χ2v) is 6.06. The number of aromatic nitrogens is 4. The Morgan fingerprint density at radius 1 is 1.52 bits per heavy atom. The molecule has 0 bridgehead atoms. The van der Waals surface area contributed by atoms with E-state index in [1.165, 1.54) is 10.9 Å². The smallest absolute Gasteiger partial charge is 0.280 e. The summed E-state index contributed by atoms with van der Waals surface area (Å²) in [5.41, 5.74) is -0.0494. The normalized spacial score (nSPS) is 28.5. The molecule has 3 rings (SSSR count). The van der Waals surface area contributed by atoms with Crippen LogP contribution < -0.4 is 10.9 Å². The third-order valence-corrected chi connectivity index (χ3v) is 3.72. The molecule has 1 unspecified atom stereocenters. The Balaban J connectivity index is 1.98. The first-order valence-electron chi connectivity index (χ1n) is 8.14. The van der Waals surface area contributed by atoms with E-state index in [1.54, 1.807) is 0 Å². The number of H-pyrrole nitrogens is 1. The average molecular weight is 324 g/mol. The SMILES string of the molecule is [2H]C[C@H]1O[C@@H](n2cnc3c(=O)[nH]c(NCC(C)C)nc32)[C@@H](O)C1O. The van der Waals surface area contributed by atoms with Crippen LogP contribution in [0.5, 0.6) is 0 Å². The molecule has 4 N–H and O–H groups in total. The molecule has 0 saturated carbocycles. The third-order valence-electron chi connectivity index (χ3n) is 3.72. The molecular formula is C14H21N5O4. The molecule has 0 spiro atoms. The summed E-state index contributed by atoms with van der Waals surface area (Å²) in [5.74, 6) is 0.664. The van der Waals surface area contributed by atoms with Crippen LogP contribution in [0.15, 0.2) is 11.1 Å². The lowest BCUT2D eigenvalue weighted by Crippen LogP contribution is -2.30. The van der Waals surface area contributed by atoms with Gasteiger partial charge in [-0.05, 0) is 12.8 Å². The van der Waals surface area contributed by atoms with E-state index in [1.807, 2.05) is 13.8 Å². The fraction of sp³-hybridized carbons (Fsp3) is 0.643. The highest BCUT2D eigenvalue weighted by atomic mass is 16.6. The van der Waals surface area contributed by atoms with Crippen molar-refractivity contribution in [2.24, 2.45) is 5.92 Å². The molecular weight excluding hydrogens is 302 g/mol. The Labute approximate surface area is 133 Å². The second-order valence-electron chi connectivity index (χ2n) is 6.06. The van der Waals surface area contributed by atoms with Crippen molar-refractivity contribution < 1.29 is 16.3 Å². The number of ether oxygens (including phenoxy) is 1. The van der Waals surface area contributed by atoms with E-state index in [0.29, 0.717) is 18.4 Å². The number of rotatable bonds is 4. The number of aliphatic hydroxyl groups excluding tert-OH is 2. The topological polar surface area (TPSA) is 125 Å². The van der Waals surface area contributed by atoms with E-state index < -0.39 is 30.1 Å². The van der Waals surface area contributed by atoms with Gasteiger partial charge in [-0.25, -0.2) is 4.98 Å². The molecule has 0 aliphatic carbocycles. The van der Waals surface area contributed by atoms with Crippen molar-refractivity contribution in [2.45, 2.75) is 45.3 Å². The predicted molar refractivity (Wildman–Crippen MR) is 83.1 cm³/mol. The van der Waals surface area contributed by atoms with Gasteiger partial charge in [0.2, 0.25) is 5.95 Å². The monoisotopic (exact) mass is 324 g/mol. The summed E-state index contributed by atoms with van der Waals surface area (Å²) in [4.78, 5) is 23.1. The first-order valence-corrected chi connectivity index (χ1v) is 7.44. The number of nitrogens with zero attached hydrogens (tertiary/aromatic N) is 3. The Kier molecular flexibility index (Phi) is 3.76. The van der Waals surface area contributed by atoms with Crippen molar-refractivity contribution in [2.75, 3.05) is 11.9 Å². The summed E-state index contributed by atoms with van der Waals surface area (Å²) in [5, 5.41) is 23.1. The number of nitrogens with one attached hydrogen (secondary N) is 2. The Bertz CT molecular complexity index is 776. The quantitative estimate of drug-likeness (QED) is 0.615. The van der Waals surface area contributed by atoms with Crippen molar-refractivity contribution >= 4 is 17.1 Å². The zero-order valence-electron chi connectivity index (χ0n) is 13.9. The predicted octanol–water partition coefficient (Wildman–Crippen LogP) is -0.173. The Hall–Kier alpha value is -1.97. The maximum atomic E-state index is 12.1. The van der Waals surface area contributed by atoms with Gasteiger partial charge >= 0.3 is 0 Å². The lowest BCUT2D eigenvalue weighted by atomic mass is 10.1.